The number of rotatable bonds is 8. The molecule has 3 heteroatoms. The molecule has 74 valence electrons. The molecule has 2 nitrogen and oxygen atoms in total. The number of hydrogen-bond acceptors (Lipinski definition) is 3. The monoisotopic (exact) mass is 192 g/mol. The van der Waals surface area contributed by atoms with Gasteiger partial charge in [0.2, 0.25) is 0 Å². The van der Waals surface area contributed by atoms with Crippen LogP contribution in [0.25, 0.3) is 0 Å². The molecule has 0 saturated heterocycles. The Morgan fingerprint density at radius 3 is 2.75 bits per heavy atom. The molecule has 0 aromatic heterocycles. The second-order valence-electron chi connectivity index (χ2n) is 3.06. The van der Waals surface area contributed by atoms with E-state index in [4.69, 9.17) is 9.84 Å². The van der Waals surface area contributed by atoms with E-state index in [-0.39, 0.29) is 0 Å². The molecule has 0 radical (unpaired) electrons. The third-order valence-corrected chi connectivity index (χ3v) is 2.98. The van der Waals surface area contributed by atoms with E-state index in [1.54, 1.807) is 7.11 Å². The minimum atomic E-state index is 0.311. The van der Waals surface area contributed by atoms with Crippen LogP contribution >= 0.6 is 11.8 Å². The Hall–Kier alpha value is 0.270. The first-order valence-corrected chi connectivity index (χ1v) is 5.64. The summed E-state index contributed by atoms with van der Waals surface area (Å²) in [5.74, 6) is 2.70. The summed E-state index contributed by atoms with van der Waals surface area (Å²) in [6.45, 7) is 3.25. The third kappa shape index (κ3) is 8.37. The largest absolute Gasteiger partial charge is 0.396 e. The Balaban J connectivity index is 2.90. The van der Waals surface area contributed by atoms with Gasteiger partial charge in [0.05, 0.1) is 0 Å². The average molecular weight is 192 g/mol. The Labute approximate surface area is 79.7 Å². The van der Waals surface area contributed by atoms with Crippen LogP contribution in [0.2, 0.25) is 0 Å². The first kappa shape index (κ1) is 12.3. The number of unbranched alkanes of at least 4 members (excludes halogenated alkanes) is 1. The summed E-state index contributed by atoms with van der Waals surface area (Å²) in [4.78, 5) is 0. The quantitative estimate of drug-likeness (QED) is 0.594. The minimum Gasteiger partial charge on any atom is -0.396 e. The molecule has 0 fully saturated rings. The molecule has 0 aliphatic carbocycles. The van der Waals surface area contributed by atoms with Crippen molar-refractivity contribution in [2.45, 2.75) is 19.8 Å². The summed E-state index contributed by atoms with van der Waals surface area (Å²) in [5.41, 5.74) is 0. The van der Waals surface area contributed by atoms with E-state index in [1.807, 2.05) is 11.8 Å². The van der Waals surface area contributed by atoms with Gasteiger partial charge in [-0.3, -0.25) is 0 Å². The number of ether oxygens (including phenoxy) is 1. The highest BCUT2D eigenvalue weighted by molar-refractivity contribution is 7.99. The van der Waals surface area contributed by atoms with Crippen LogP contribution in [0.4, 0.5) is 0 Å². The van der Waals surface area contributed by atoms with E-state index >= 15 is 0 Å². The second kappa shape index (κ2) is 9.36. The van der Waals surface area contributed by atoms with Crippen molar-refractivity contribution in [1.82, 2.24) is 0 Å². The lowest BCUT2D eigenvalue weighted by Gasteiger charge is -2.06. The molecule has 12 heavy (non-hydrogen) atoms. The predicted octanol–water partition coefficient (Wildman–Crippen LogP) is 1.77. The Morgan fingerprint density at radius 2 is 2.17 bits per heavy atom. The second-order valence-corrected chi connectivity index (χ2v) is 4.21. The smallest absolute Gasteiger partial charge is 0.0464 e. The molecule has 0 bridgehead atoms. The van der Waals surface area contributed by atoms with Crippen LogP contribution in [-0.2, 0) is 4.74 Å². The molecular weight excluding hydrogens is 172 g/mol. The third-order valence-electron chi connectivity index (χ3n) is 1.60. The Bertz CT molecular complexity index is 88.6. The molecule has 0 heterocycles. The topological polar surface area (TPSA) is 29.5 Å². The van der Waals surface area contributed by atoms with Gasteiger partial charge in [0, 0.05) is 20.3 Å². The van der Waals surface area contributed by atoms with E-state index in [1.165, 1.54) is 12.2 Å². The van der Waals surface area contributed by atoms with Crippen molar-refractivity contribution in [3.8, 4) is 0 Å². The van der Waals surface area contributed by atoms with Gasteiger partial charge in [-0.25, -0.2) is 0 Å². The molecule has 0 saturated carbocycles. The van der Waals surface area contributed by atoms with Crippen LogP contribution in [0.5, 0.6) is 0 Å². The van der Waals surface area contributed by atoms with Crippen LogP contribution in [0, 0.1) is 5.92 Å². The van der Waals surface area contributed by atoms with Gasteiger partial charge in [-0.1, -0.05) is 6.92 Å². The van der Waals surface area contributed by atoms with Gasteiger partial charge in [-0.2, -0.15) is 11.8 Å². The van der Waals surface area contributed by atoms with Crippen LogP contribution < -0.4 is 0 Å². The molecule has 0 spiro atoms. The average Bonchev–Trinajstić information content (AvgIpc) is 2.10. The fourth-order valence-electron chi connectivity index (χ4n) is 0.788. The van der Waals surface area contributed by atoms with Crippen molar-refractivity contribution in [3.63, 3.8) is 0 Å². The van der Waals surface area contributed by atoms with E-state index in [9.17, 15) is 0 Å². The van der Waals surface area contributed by atoms with E-state index in [0.29, 0.717) is 12.5 Å². The molecule has 1 unspecified atom stereocenters. The van der Waals surface area contributed by atoms with Crippen LogP contribution in [0.15, 0.2) is 0 Å². The summed E-state index contributed by atoms with van der Waals surface area (Å²) in [5, 5.41) is 8.74. The summed E-state index contributed by atoms with van der Waals surface area (Å²) < 4.78 is 4.94. The molecule has 1 N–H and O–H groups in total. The van der Waals surface area contributed by atoms with Crippen molar-refractivity contribution in [1.29, 1.82) is 0 Å². The Morgan fingerprint density at radius 1 is 1.42 bits per heavy atom. The van der Waals surface area contributed by atoms with Gasteiger partial charge < -0.3 is 9.84 Å². The number of aliphatic hydroxyl groups is 1. The summed E-state index contributed by atoms with van der Waals surface area (Å²) in [7, 11) is 1.74. The molecule has 0 aromatic carbocycles. The lowest BCUT2D eigenvalue weighted by atomic mass is 10.2. The first-order chi connectivity index (χ1) is 5.81. The van der Waals surface area contributed by atoms with Gasteiger partial charge in [-0.15, -0.1) is 0 Å². The van der Waals surface area contributed by atoms with Gasteiger partial charge in [0.25, 0.3) is 0 Å². The van der Waals surface area contributed by atoms with Crippen molar-refractivity contribution >= 4 is 11.8 Å². The summed E-state index contributed by atoms with van der Waals surface area (Å²) in [6.07, 6.45) is 2.37. The predicted molar refractivity (Wildman–Crippen MR) is 54.7 cm³/mol. The van der Waals surface area contributed by atoms with Gasteiger partial charge in [-0.05, 0) is 30.3 Å². The maximum absolute atomic E-state index is 8.74. The molecule has 1 atom stereocenters. The van der Waals surface area contributed by atoms with Crippen molar-refractivity contribution < 1.29 is 9.84 Å². The van der Waals surface area contributed by atoms with Gasteiger partial charge in [0.15, 0.2) is 0 Å². The lowest BCUT2D eigenvalue weighted by Crippen LogP contribution is -2.04. The number of thioether (sulfide) groups is 1. The Kier molecular flexibility index (Phi) is 9.57. The zero-order chi connectivity index (χ0) is 9.23. The normalized spacial score (nSPS) is 13.2. The minimum absolute atomic E-state index is 0.311. The fourth-order valence-corrected chi connectivity index (χ4v) is 1.87. The zero-order valence-corrected chi connectivity index (χ0v) is 8.90. The zero-order valence-electron chi connectivity index (χ0n) is 8.08. The standard InChI is InChI=1S/C9H20O2S/c1-9(7-10)8-12-6-4-3-5-11-2/h9-10H,3-8H2,1-2H3. The van der Waals surface area contributed by atoms with Crippen molar-refractivity contribution in [2.75, 3.05) is 31.8 Å². The number of hydrogen-bond donors (Lipinski definition) is 1. The molecule has 0 aromatic rings. The van der Waals surface area contributed by atoms with Gasteiger partial charge in [0.1, 0.15) is 0 Å². The van der Waals surface area contributed by atoms with E-state index in [2.05, 4.69) is 6.92 Å². The van der Waals surface area contributed by atoms with E-state index in [0.717, 1.165) is 18.8 Å². The molecule has 0 amide bonds. The molecular formula is C9H20O2S. The highest BCUT2D eigenvalue weighted by atomic mass is 32.2. The SMILES string of the molecule is COCCCCSCC(C)CO. The molecule has 0 rings (SSSR count). The van der Waals surface area contributed by atoms with E-state index < -0.39 is 0 Å². The fraction of sp³-hybridized carbons (Fsp3) is 1.00. The van der Waals surface area contributed by atoms with Crippen LogP contribution in [-0.4, -0.2) is 36.9 Å². The molecule has 0 aliphatic rings. The van der Waals surface area contributed by atoms with Crippen LogP contribution in [0.3, 0.4) is 0 Å². The molecule has 0 aliphatic heterocycles. The highest BCUT2D eigenvalue weighted by Gasteiger charge is 1.98. The first-order valence-electron chi connectivity index (χ1n) is 4.48. The summed E-state index contributed by atoms with van der Waals surface area (Å²) >= 11 is 1.92. The maximum Gasteiger partial charge on any atom is 0.0464 e. The number of methoxy groups -OCH3 is 1. The highest BCUT2D eigenvalue weighted by Crippen LogP contribution is 2.09. The number of aliphatic hydroxyl groups excluding tert-OH is 1. The lowest BCUT2D eigenvalue weighted by molar-refractivity contribution is 0.194. The van der Waals surface area contributed by atoms with Crippen molar-refractivity contribution in [2.24, 2.45) is 5.92 Å². The van der Waals surface area contributed by atoms with Gasteiger partial charge >= 0.3 is 0 Å². The maximum atomic E-state index is 8.74. The van der Waals surface area contributed by atoms with Crippen molar-refractivity contribution in [3.05, 3.63) is 0 Å². The van der Waals surface area contributed by atoms with Crippen LogP contribution in [0.1, 0.15) is 19.8 Å². The summed E-state index contributed by atoms with van der Waals surface area (Å²) in [6, 6.07) is 0.